The lowest BCUT2D eigenvalue weighted by atomic mass is 10.2. The van der Waals surface area contributed by atoms with Gasteiger partial charge in [-0.15, -0.1) is 0 Å². The second-order valence-electron chi connectivity index (χ2n) is 5.70. The molecular formula is C19H22N4O2. The van der Waals surface area contributed by atoms with Gasteiger partial charge < -0.3 is 15.0 Å². The molecule has 3 rings (SSSR count). The summed E-state index contributed by atoms with van der Waals surface area (Å²) in [5, 5.41) is 7.03. The molecule has 0 atom stereocenters. The largest absolute Gasteiger partial charge is 0.378 e. The van der Waals surface area contributed by atoms with Gasteiger partial charge >= 0.3 is 0 Å². The summed E-state index contributed by atoms with van der Waals surface area (Å²) in [5.41, 5.74) is 5.54. The number of para-hydroxylation sites is 1. The van der Waals surface area contributed by atoms with Crippen LogP contribution in [0.15, 0.2) is 59.7 Å². The first-order chi connectivity index (χ1) is 12.3. The molecule has 6 nitrogen and oxygen atoms in total. The van der Waals surface area contributed by atoms with E-state index in [4.69, 9.17) is 4.74 Å². The number of nitrogens with zero attached hydrogens (tertiary/aromatic N) is 2. The smallest absolute Gasteiger partial charge is 0.259 e. The lowest BCUT2D eigenvalue weighted by Gasteiger charge is -2.28. The molecule has 130 valence electrons. The number of nitrogens with one attached hydrogen (secondary N) is 2. The van der Waals surface area contributed by atoms with Crippen molar-refractivity contribution in [2.45, 2.75) is 0 Å². The molecule has 0 unspecified atom stereocenters. The lowest BCUT2D eigenvalue weighted by molar-refractivity contribution is -0.119. The van der Waals surface area contributed by atoms with E-state index < -0.39 is 0 Å². The minimum absolute atomic E-state index is 0.178. The van der Waals surface area contributed by atoms with Crippen LogP contribution < -0.4 is 15.6 Å². The number of ether oxygens (including phenoxy) is 1. The monoisotopic (exact) mass is 338 g/mol. The molecule has 0 saturated carbocycles. The highest BCUT2D eigenvalue weighted by Crippen LogP contribution is 2.15. The fraction of sp³-hybridized carbons (Fsp3) is 0.263. The number of hydrogen-bond acceptors (Lipinski definition) is 5. The predicted octanol–water partition coefficient (Wildman–Crippen LogP) is 2.09. The van der Waals surface area contributed by atoms with Gasteiger partial charge in [0.15, 0.2) is 0 Å². The molecule has 2 aromatic carbocycles. The van der Waals surface area contributed by atoms with Crippen molar-refractivity contribution >= 4 is 23.5 Å². The van der Waals surface area contributed by atoms with Crippen LogP contribution in [0.2, 0.25) is 0 Å². The molecule has 25 heavy (non-hydrogen) atoms. The Hall–Kier alpha value is -2.86. The molecule has 2 N–H and O–H groups in total. The Bertz CT molecular complexity index is 695. The molecule has 1 fully saturated rings. The Balaban J connectivity index is 1.44. The van der Waals surface area contributed by atoms with Crippen molar-refractivity contribution < 1.29 is 9.53 Å². The maximum Gasteiger partial charge on any atom is 0.259 e. The third kappa shape index (κ3) is 5.32. The van der Waals surface area contributed by atoms with Crippen LogP contribution in [0.4, 0.5) is 11.4 Å². The number of hydrazone groups is 1. The summed E-state index contributed by atoms with van der Waals surface area (Å²) in [5.74, 6) is -0.190. The van der Waals surface area contributed by atoms with E-state index in [-0.39, 0.29) is 12.5 Å². The van der Waals surface area contributed by atoms with Crippen LogP contribution in [-0.2, 0) is 9.53 Å². The van der Waals surface area contributed by atoms with Gasteiger partial charge in [0.25, 0.3) is 5.91 Å². The second-order valence-corrected chi connectivity index (χ2v) is 5.70. The van der Waals surface area contributed by atoms with Crippen molar-refractivity contribution in [2.24, 2.45) is 5.10 Å². The third-order valence-corrected chi connectivity index (χ3v) is 3.90. The SMILES string of the molecule is O=C(CNc1ccccc1)N/N=C\c1ccc(N2CCOCC2)cc1. The lowest BCUT2D eigenvalue weighted by Crippen LogP contribution is -2.36. The van der Waals surface area contributed by atoms with Gasteiger partial charge in [0.1, 0.15) is 0 Å². The van der Waals surface area contributed by atoms with Crippen LogP contribution in [0.25, 0.3) is 0 Å². The average molecular weight is 338 g/mol. The number of rotatable bonds is 6. The van der Waals surface area contributed by atoms with Crippen LogP contribution in [0.5, 0.6) is 0 Å². The van der Waals surface area contributed by atoms with E-state index in [1.807, 2.05) is 42.5 Å². The quantitative estimate of drug-likeness (QED) is 0.625. The van der Waals surface area contributed by atoms with Gasteiger partial charge in [-0.1, -0.05) is 30.3 Å². The minimum Gasteiger partial charge on any atom is -0.378 e. The molecule has 1 amide bonds. The highest BCUT2D eigenvalue weighted by atomic mass is 16.5. The van der Waals surface area contributed by atoms with Crippen molar-refractivity contribution in [2.75, 3.05) is 43.1 Å². The standard InChI is InChI=1S/C19H22N4O2/c24-19(15-20-17-4-2-1-3-5-17)22-21-14-16-6-8-18(9-7-16)23-10-12-25-13-11-23/h1-9,14,20H,10-13,15H2,(H,22,24)/b21-14-. The Labute approximate surface area is 147 Å². The Morgan fingerprint density at radius 2 is 1.80 bits per heavy atom. The summed E-state index contributed by atoms with van der Waals surface area (Å²) in [4.78, 5) is 14.1. The van der Waals surface area contributed by atoms with E-state index in [0.717, 1.165) is 37.6 Å². The molecule has 0 aliphatic carbocycles. The van der Waals surface area contributed by atoms with Crippen LogP contribution >= 0.6 is 0 Å². The van der Waals surface area contributed by atoms with E-state index in [0.29, 0.717) is 0 Å². The number of anilines is 2. The summed E-state index contributed by atoms with van der Waals surface area (Å²) < 4.78 is 5.36. The van der Waals surface area contributed by atoms with Crippen LogP contribution in [0.3, 0.4) is 0 Å². The summed E-state index contributed by atoms with van der Waals surface area (Å²) in [7, 11) is 0. The average Bonchev–Trinajstić information content (AvgIpc) is 2.68. The maximum absolute atomic E-state index is 11.8. The maximum atomic E-state index is 11.8. The molecule has 0 aromatic heterocycles. The van der Waals surface area contributed by atoms with Gasteiger partial charge in [0.2, 0.25) is 0 Å². The number of hydrogen-bond donors (Lipinski definition) is 2. The minimum atomic E-state index is -0.190. The van der Waals surface area contributed by atoms with Crippen LogP contribution in [-0.4, -0.2) is 45.0 Å². The number of amides is 1. The van der Waals surface area contributed by atoms with Crippen molar-refractivity contribution in [3.8, 4) is 0 Å². The zero-order valence-corrected chi connectivity index (χ0v) is 14.0. The second kappa shape index (κ2) is 8.84. The highest BCUT2D eigenvalue weighted by Gasteiger charge is 2.10. The molecule has 0 radical (unpaired) electrons. The van der Waals surface area contributed by atoms with Gasteiger partial charge in [-0.2, -0.15) is 5.10 Å². The molecule has 1 saturated heterocycles. The number of carbonyl (C=O) groups excluding carboxylic acids is 1. The molecule has 6 heteroatoms. The van der Waals surface area contributed by atoms with Gasteiger partial charge in [-0.3, -0.25) is 4.79 Å². The Morgan fingerprint density at radius 1 is 1.08 bits per heavy atom. The topological polar surface area (TPSA) is 66.0 Å². The molecule has 1 aliphatic heterocycles. The van der Waals surface area contributed by atoms with Crippen LogP contribution in [0.1, 0.15) is 5.56 Å². The van der Waals surface area contributed by atoms with E-state index >= 15 is 0 Å². The van der Waals surface area contributed by atoms with Gasteiger partial charge in [-0.05, 0) is 29.8 Å². The number of morpholine rings is 1. The van der Waals surface area contributed by atoms with E-state index in [1.54, 1.807) is 6.21 Å². The fourth-order valence-corrected chi connectivity index (χ4v) is 2.55. The van der Waals surface area contributed by atoms with Crippen molar-refractivity contribution in [1.29, 1.82) is 0 Å². The molecule has 2 aromatic rings. The summed E-state index contributed by atoms with van der Waals surface area (Å²) in [6.07, 6.45) is 1.64. The van der Waals surface area contributed by atoms with Crippen molar-refractivity contribution in [1.82, 2.24) is 5.43 Å². The number of benzene rings is 2. The van der Waals surface area contributed by atoms with Gasteiger partial charge in [-0.25, -0.2) is 5.43 Å². The van der Waals surface area contributed by atoms with Gasteiger partial charge in [0, 0.05) is 24.5 Å². The molecule has 0 spiro atoms. The molecule has 0 bridgehead atoms. The first-order valence-corrected chi connectivity index (χ1v) is 8.35. The van der Waals surface area contributed by atoms with Crippen molar-refractivity contribution in [3.63, 3.8) is 0 Å². The fourth-order valence-electron chi connectivity index (χ4n) is 2.55. The Kier molecular flexibility index (Phi) is 6.01. The number of carbonyl (C=O) groups is 1. The molecule has 1 aliphatic rings. The summed E-state index contributed by atoms with van der Waals surface area (Å²) in [6, 6.07) is 17.7. The first kappa shape index (κ1) is 17.0. The van der Waals surface area contributed by atoms with Gasteiger partial charge in [0.05, 0.1) is 26.0 Å². The Morgan fingerprint density at radius 3 is 2.52 bits per heavy atom. The highest BCUT2D eigenvalue weighted by molar-refractivity contribution is 5.84. The predicted molar refractivity (Wildman–Crippen MR) is 100 cm³/mol. The van der Waals surface area contributed by atoms with Crippen LogP contribution in [0, 0.1) is 0 Å². The molecule has 1 heterocycles. The van der Waals surface area contributed by atoms with E-state index in [9.17, 15) is 4.79 Å². The normalized spacial score (nSPS) is 14.5. The van der Waals surface area contributed by atoms with E-state index in [2.05, 4.69) is 32.9 Å². The summed E-state index contributed by atoms with van der Waals surface area (Å²) >= 11 is 0. The first-order valence-electron chi connectivity index (χ1n) is 8.35. The van der Waals surface area contributed by atoms with Crippen molar-refractivity contribution in [3.05, 3.63) is 60.2 Å². The molecular weight excluding hydrogens is 316 g/mol. The van der Waals surface area contributed by atoms with E-state index in [1.165, 1.54) is 5.69 Å². The summed E-state index contributed by atoms with van der Waals surface area (Å²) in [6.45, 7) is 3.55. The zero-order valence-electron chi connectivity index (χ0n) is 14.0. The zero-order chi connectivity index (χ0) is 17.3. The third-order valence-electron chi connectivity index (χ3n) is 3.90.